The molecule has 5 heteroatoms. The largest absolute Gasteiger partial charge is 0.419 e. The Balaban J connectivity index is 2.02. The lowest BCUT2D eigenvalue weighted by atomic mass is 9.95. The second-order valence-corrected chi connectivity index (χ2v) is 6.36. The molecule has 132 valence electrons. The van der Waals surface area contributed by atoms with E-state index in [4.69, 9.17) is 0 Å². The number of ketones is 1. The van der Waals surface area contributed by atoms with Gasteiger partial charge in [-0.3, -0.25) is 4.79 Å². The van der Waals surface area contributed by atoms with Gasteiger partial charge in [-0.15, -0.1) is 0 Å². The molecule has 2 aromatic carbocycles. The molecule has 0 unspecified atom stereocenters. The summed E-state index contributed by atoms with van der Waals surface area (Å²) in [7, 11) is 0. The molecular weight excluding hydrogens is 339 g/mol. The first-order valence-electron chi connectivity index (χ1n) is 8.46. The van der Waals surface area contributed by atoms with Gasteiger partial charge < -0.3 is 4.57 Å². The van der Waals surface area contributed by atoms with Crippen molar-refractivity contribution in [2.75, 3.05) is 0 Å². The van der Waals surface area contributed by atoms with Gasteiger partial charge in [0.05, 0.1) is 16.8 Å². The van der Waals surface area contributed by atoms with Gasteiger partial charge in [0.25, 0.3) is 0 Å². The molecule has 4 rings (SSSR count). The van der Waals surface area contributed by atoms with Crippen molar-refractivity contribution in [1.29, 1.82) is 0 Å². The van der Waals surface area contributed by atoms with Crippen LogP contribution in [0, 0.1) is 0 Å². The first-order chi connectivity index (χ1) is 12.5. The third-order valence-electron chi connectivity index (χ3n) is 4.76. The predicted octanol–water partition coefficient (Wildman–Crippen LogP) is 5.35. The van der Waals surface area contributed by atoms with Crippen LogP contribution >= 0.6 is 0 Å². The Morgan fingerprint density at radius 2 is 1.54 bits per heavy atom. The summed E-state index contributed by atoms with van der Waals surface area (Å²) in [5, 5.41) is 0. The second-order valence-electron chi connectivity index (χ2n) is 6.36. The van der Waals surface area contributed by atoms with Gasteiger partial charge in [-0.2, -0.15) is 13.2 Å². The lowest BCUT2D eigenvalue weighted by molar-refractivity contribution is -0.137. The SMILES string of the molecule is O=C(c1ccccc1)c1c(C(F)(F)F)c(-c2ccccc2)n2c1CCC2. The molecule has 0 atom stereocenters. The van der Waals surface area contributed by atoms with Crippen LogP contribution in [0.5, 0.6) is 0 Å². The minimum atomic E-state index is -4.61. The molecule has 0 spiro atoms. The van der Waals surface area contributed by atoms with E-state index >= 15 is 0 Å². The molecule has 0 fully saturated rings. The zero-order valence-electron chi connectivity index (χ0n) is 13.9. The summed E-state index contributed by atoms with van der Waals surface area (Å²) in [5.41, 5.74) is 0.343. The highest BCUT2D eigenvalue weighted by Crippen LogP contribution is 2.45. The van der Waals surface area contributed by atoms with Crippen molar-refractivity contribution >= 4 is 5.78 Å². The van der Waals surface area contributed by atoms with Gasteiger partial charge >= 0.3 is 6.18 Å². The van der Waals surface area contributed by atoms with Crippen LogP contribution in [0.3, 0.4) is 0 Å². The number of hydrogen-bond donors (Lipinski definition) is 0. The van der Waals surface area contributed by atoms with Crippen LogP contribution in [-0.4, -0.2) is 10.4 Å². The first kappa shape index (κ1) is 16.6. The number of carbonyl (C=O) groups is 1. The van der Waals surface area contributed by atoms with E-state index < -0.39 is 17.5 Å². The average Bonchev–Trinajstić information content (AvgIpc) is 3.22. The molecule has 0 N–H and O–H groups in total. The molecule has 0 bridgehead atoms. The molecule has 2 heterocycles. The molecule has 0 saturated carbocycles. The summed E-state index contributed by atoms with van der Waals surface area (Å²) in [6.45, 7) is 0.491. The van der Waals surface area contributed by atoms with Crippen molar-refractivity contribution in [2.45, 2.75) is 25.6 Å². The van der Waals surface area contributed by atoms with E-state index in [9.17, 15) is 18.0 Å². The third kappa shape index (κ3) is 2.64. The predicted molar refractivity (Wildman–Crippen MR) is 93.1 cm³/mol. The fourth-order valence-corrected chi connectivity index (χ4v) is 3.73. The fourth-order valence-electron chi connectivity index (χ4n) is 3.73. The molecular formula is C21H16F3NO. The van der Waals surface area contributed by atoms with Crippen LogP contribution in [0.2, 0.25) is 0 Å². The van der Waals surface area contributed by atoms with Gasteiger partial charge in [-0.25, -0.2) is 0 Å². The number of nitrogens with zero attached hydrogens (tertiary/aromatic N) is 1. The number of hydrogen-bond acceptors (Lipinski definition) is 1. The number of carbonyl (C=O) groups excluding carboxylic acids is 1. The summed E-state index contributed by atoms with van der Waals surface area (Å²) in [6, 6.07) is 16.7. The van der Waals surface area contributed by atoms with Crippen molar-refractivity contribution in [3.63, 3.8) is 0 Å². The van der Waals surface area contributed by atoms with E-state index in [0.29, 0.717) is 24.2 Å². The van der Waals surface area contributed by atoms with Crippen molar-refractivity contribution in [3.05, 3.63) is 83.0 Å². The van der Waals surface area contributed by atoms with E-state index in [1.54, 1.807) is 65.2 Å². The Morgan fingerprint density at radius 1 is 0.923 bits per heavy atom. The number of aromatic nitrogens is 1. The topological polar surface area (TPSA) is 22.0 Å². The van der Waals surface area contributed by atoms with Gasteiger partial charge in [-0.1, -0.05) is 60.7 Å². The number of halogens is 3. The molecule has 1 aliphatic rings. The number of rotatable bonds is 3. The molecule has 2 nitrogen and oxygen atoms in total. The maximum Gasteiger partial charge on any atom is 0.419 e. The van der Waals surface area contributed by atoms with Crippen LogP contribution in [0.1, 0.15) is 33.6 Å². The van der Waals surface area contributed by atoms with Gasteiger partial charge in [0, 0.05) is 17.8 Å². The summed E-state index contributed by atoms with van der Waals surface area (Å²) in [5.74, 6) is -0.564. The Bertz CT molecular complexity index is 956. The Hall–Kier alpha value is -2.82. The summed E-state index contributed by atoms with van der Waals surface area (Å²) in [6.07, 6.45) is -3.39. The monoisotopic (exact) mass is 355 g/mol. The van der Waals surface area contributed by atoms with Gasteiger partial charge in [0.2, 0.25) is 0 Å². The van der Waals surface area contributed by atoms with E-state index in [1.165, 1.54) is 0 Å². The maximum atomic E-state index is 14.1. The van der Waals surface area contributed by atoms with Crippen LogP contribution < -0.4 is 0 Å². The number of alkyl halides is 3. The summed E-state index contributed by atoms with van der Waals surface area (Å²) >= 11 is 0. The minimum Gasteiger partial charge on any atom is -0.343 e. The zero-order chi connectivity index (χ0) is 18.3. The van der Waals surface area contributed by atoms with Gasteiger partial charge in [0.15, 0.2) is 5.78 Å². The molecule has 3 aromatic rings. The molecule has 1 aromatic heterocycles. The summed E-state index contributed by atoms with van der Waals surface area (Å²) in [4.78, 5) is 13.0. The highest BCUT2D eigenvalue weighted by Gasteiger charge is 2.44. The van der Waals surface area contributed by atoms with Crippen LogP contribution in [0.4, 0.5) is 13.2 Å². The van der Waals surface area contributed by atoms with E-state index in [0.717, 1.165) is 6.42 Å². The zero-order valence-corrected chi connectivity index (χ0v) is 13.9. The minimum absolute atomic E-state index is 0.102. The van der Waals surface area contributed by atoms with E-state index in [-0.39, 0.29) is 16.8 Å². The highest BCUT2D eigenvalue weighted by molar-refractivity contribution is 6.12. The molecule has 1 aliphatic heterocycles. The Kier molecular flexibility index (Phi) is 3.94. The van der Waals surface area contributed by atoms with Gasteiger partial charge in [0.1, 0.15) is 0 Å². The van der Waals surface area contributed by atoms with Crippen LogP contribution in [-0.2, 0) is 19.1 Å². The van der Waals surface area contributed by atoms with Crippen molar-refractivity contribution < 1.29 is 18.0 Å². The standard InChI is InChI=1S/C21H16F3NO/c22-21(23,24)18-17(20(26)15-10-5-2-6-11-15)16-12-7-13-25(16)19(18)14-8-3-1-4-9-14/h1-6,8-11H,7,12-13H2. The third-order valence-corrected chi connectivity index (χ3v) is 4.76. The Labute approximate surface area is 148 Å². The van der Waals surface area contributed by atoms with Crippen molar-refractivity contribution in [1.82, 2.24) is 4.57 Å². The molecule has 0 aliphatic carbocycles. The number of benzene rings is 2. The van der Waals surface area contributed by atoms with E-state index in [1.807, 2.05) is 0 Å². The second kappa shape index (κ2) is 6.16. The lowest BCUT2D eigenvalue weighted by Crippen LogP contribution is -2.14. The maximum absolute atomic E-state index is 14.1. The smallest absolute Gasteiger partial charge is 0.343 e. The molecule has 26 heavy (non-hydrogen) atoms. The van der Waals surface area contributed by atoms with E-state index in [2.05, 4.69) is 0 Å². The Morgan fingerprint density at radius 3 is 2.15 bits per heavy atom. The molecule has 0 amide bonds. The molecule has 0 saturated heterocycles. The lowest BCUT2D eigenvalue weighted by Gasteiger charge is -2.13. The van der Waals surface area contributed by atoms with Crippen molar-refractivity contribution in [2.24, 2.45) is 0 Å². The van der Waals surface area contributed by atoms with Gasteiger partial charge in [-0.05, 0) is 18.4 Å². The molecule has 0 radical (unpaired) electrons. The fraction of sp³-hybridized carbons (Fsp3) is 0.190. The van der Waals surface area contributed by atoms with Crippen molar-refractivity contribution in [3.8, 4) is 11.3 Å². The van der Waals surface area contributed by atoms with Crippen LogP contribution in [0.25, 0.3) is 11.3 Å². The quantitative estimate of drug-likeness (QED) is 0.581. The van der Waals surface area contributed by atoms with Crippen LogP contribution in [0.15, 0.2) is 60.7 Å². The number of fused-ring (bicyclic) bond motifs is 1. The average molecular weight is 355 g/mol. The first-order valence-corrected chi connectivity index (χ1v) is 8.46. The normalized spacial score (nSPS) is 13.7. The summed E-state index contributed by atoms with van der Waals surface area (Å²) < 4.78 is 43.9. The highest BCUT2D eigenvalue weighted by atomic mass is 19.4.